The Labute approximate surface area is 162 Å². The number of para-hydroxylation sites is 1. The van der Waals surface area contributed by atoms with Crippen LogP contribution in [0, 0.1) is 0 Å². The highest BCUT2D eigenvalue weighted by molar-refractivity contribution is 6.03. The molecule has 2 aromatic carbocycles. The van der Waals surface area contributed by atoms with Crippen LogP contribution in [-0.2, 0) is 6.54 Å². The van der Waals surface area contributed by atoms with Gasteiger partial charge in [0.1, 0.15) is 5.52 Å². The normalized spacial score (nSPS) is 15.2. The summed E-state index contributed by atoms with van der Waals surface area (Å²) < 4.78 is 0. The predicted octanol–water partition coefficient (Wildman–Crippen LogP) is 3.57. The second kappa shape index (κ2) is 7.36. The molecule has 0 bridgehead atoms. The van der Waals surface area contributed by atoms with Gasteiger partial charge in [0.25, 0.3) is 5.95 Å². The molecule has 140 valence electrons. The van der Waals surface area contributed by atoms with Crippen LogP contribution in [0.25, 0.3) is 22.1 Å². The number of nitrogens with one attached hydrogen (secondary N) is 2. The van der Waals surface area contributed by atoms with Crippen molar-refractivity contribution in [2.75, 3.05) is 18.5 Å². The number of fused-ring (bicyclic) bond motifs is 3. The highest BCUT2D eigenvalue weighted by atomic mass is 15.4. The summed E-state index contributed by atoms with van der Waals surface area (Å²) in [6, 6.07) is 18.6. The zero-order valence-corrected chi connectivity index (χ0v) is 15.5. The van der Waals surface area contributed by atoms with Crippen molar-refractivity contribution in [3.05, 3.63) is 60.2 Å². The highest BCUT2D eigenvalue weighted by Crippen LogP contribution is 2.21. The summed E-state index contributed by atoms with van der Waals surface area (Å²) in [4.78, 5) is 10.2. The third-order valence-electron chi connectivity index (χ3n) is 5.12. The number of hydrazone groups is 1. The van der Waals surface area contributed by atoms with Gasteiger partial charge in [0.2, 0.25) is 0 Å². The summed E-state index contributed by atoms with van der Waals surface area (Å²) in [6.07, 6.45) is 1.89. The molecule has 7 nitrogen and oxygen atoms in total. The van der Waals surface area contributed by atoms with E-state index in [-0.39, 0.29) is 0 Å². The second-order valence-corrected chi connectivity index (χ2v) is 7.05. The third-order valence-corrected chi connectivity index (χ3v) is 5.12. The Morgan fingerprint density at radius 3 is 2.61 bits per heavy atom. The van der Waals surface area contributed by atoms with Crippen molar-refractivity contribution in [2.24, 2.45) is 5.10 Å². The van der Waals surface area contributed by atoms with Crippen LogP contribution in [0.2, 0.25) is 0 Å². The van der Waals surface area contributed by atoms with Crippen molar-refractivity contribution in [3.63, 3.8) is 0 Å². The van der Waals surface area contributed by atoms with Gasteiger partial charge in [-0.15, -0.1) is 10.2 Å². The SMILES string of the molecule is c1ccc(CN2CCC(=NNc3nnc4c(n3)[nH]c3ccccc34)CC2)cc1. The molecule has 4 aromatic rings. The lowest BCUT2D eigenvalue weighted by Crippen LogP contribution is -2.33. The molecule has 28 heavy (non-hydrogen) atoms. The van der Waals surface area contributed by atoms with Crippen molar-refractivity contribution < 1.29 is 0 Å². The lowest BCUT2D eigenvalue weighted by Gasteiger charge is -2.27. The van der Waals surface area contributed by atoms with E-state index < -0.39 is 0 Å². The minimum absolute atomic E-state index is 0.415. The second-order valence-electron chi connectivity index (χ2n) is 7.05. The molecule has 3 heterocycles. The van der Waals surface area contributed by atoms with Crippen LogP contribution in [0.1, 0.15) is 18.4 Å². The van der Waals surface area contributed by atoms with Crippen LogP contribution in [0.3, 0.4) is 0 Å². The number of rotatable bonds is 4. The van der Waals surface area contributed by atoms with E-state index in [9.17, 15) is 0 Å². The minimum atomic E-state index is 0.415. The maximum Gasteiger partial charge on any atom is 0.265 e. The highest BCUT2D eigenvalue weighted by Gasteiger charge is 2.15. The average Bonchev–Trinajstić information content (AvgIpc) is 3.12. The van der Waals surface area contributed by atoms with Gasteiger partial charge in [0.05, 0.1) is 0 Å². The first-order valence-corrected chi connectivity index (χ1v) is 9.54. The van der Waals surface area contributed by atoms with Crippen molar-refractivity contribution in [1.82, 2.24) is 25.1 Å². The maximum atomic E-state index is 4.52. The quantitative estimate of drug-likeness (QED) is 0.536. The number of nitrogens with zero attached hydrogens (tertiary/aromatic N) is 5. The summed E-state index contributed by atoms with van der Waals surface area (Å²) in [7, 11) is 0. The molecule has 0 spiro atoms. The van der Waals surface area contributed by atoms with Crippen molar-refractivity contribution in [3.8, 4) is 0 Å². The van der Waals surface area contributed by atoms with Gasteiger partial charge in [0, 0.05) is 49.1 Å². The molecular weight excluding hydrogens is 350 g/mol. The number of likely N-dealkylation sites (tertiary alicyclic amines) is 1. The van der Waals surface area contributed by atoms with Crippen LogP contribution in [-0.4, -0.2) is 43.9 Å². The molecule has 0 amide bonds. The van der Waals surface area contributed by atoms with E-state index in [0.29, 0.717) is 5.95 Å². The van der Waals surface area contributed by atoms with E-state index >= 15 is 0 Å². The Balaban J connectivity index is 1.23. The summed E-state index contributed by atoms with van der Waals surface area (Å²) in [6.45, 7) is 3.01. The first-order valence-electron chi connectivity index (χ1n) is 9.54. The molecule has 7 heteroatoms. The van der Waals surface area contributed by atoms with Gasteiger partial charge in [-0.1, -0.05) is 48.5 Å². The van der Waals surface area contributed by atoms with E-state index in [1.807, 2.05) is 24.3 Å². The summed E-state index contributed by atoms with van der Waals surface area (Å²) in [5, 5.41) is 14.0. The Kier molecular flexibility index (Phi) is 4.42. The van der Waals surface area contributed by atoms with Crippen molar-refractivity contribution in [2.45, 2.75) is 19.4 Å². The zero-order chi connectivity index (χ0) is 18.8. The zero-order valence-electron chi connectivity index (χ0n) is 15.5. The molecule has 1 aliphatic rings. The Bertz CT molecular complexity index is 1120. The fourth-order valence-corrected chi connectivity index (χ4v) is 3.62. The van der Waals surface area contributed by atoms with E-state index in [2.05, 4.69) is 65.9 Å². The van der Waals surface area contributed by atoms with Gasteiger partial charge < -0.3 is 4.98 Å². The van der Waals surface area contributed by atoms with Crippen LogP contribution in [0.15, 0.2) is 59.7 Å². The van der Waals surface area contributed by atoms with Gasteiger partial charge in [-0.3, -0.25) is 4.90 Å². The molecule has 1 fully saturated rings. The molecule has 0 radical (unpaired) electrons. The molecule has 1 saturated heterocycles. The fraction of sp³-hybridized carbons (Fsp3) is 0.238. The minimum Gasteiger partial charge on any atom is -0.338 e. The Hall–Kier alpha value is -3.32. The number of hydrogen-bond acceptors (Lipinski definition) is 6. The van der Waals surface area contributed by atoms with Gasteiger partial charge in [-0.25, -0.2) is 5.43 Å². The van der Waals surface area contributed by atoms with Crippen LogP contribution in [0.5, 0.6) is 0 Å². The van der Waals surface area contributed by atoms with E-state index in [0.717, 1.165) is 60.3 Å². The number of aromatic nitrogens is 4. The molecule has 5 rings (SSSR count). The number of H-pyrrole nitrogens is 1. The molecule has 1 aliphatic heterocycles. The number of piperidine rings is 1. The fourth-order valence-electron chi connectivity index (χ4n) is 3.62. The smallest absolute Gasteiger partial charge is 0.265 e. The Morgan fingerprint density at radius 2 is 1.75 bits per heavy atom. The van der Waals surface area contributed by atoms with Crippen LogP contribution in [0.4, 0.5) is 5.95 Å². The number of anilines is 1. The summed E-state index contributed by atoms with van der Waals surface area (Å²) in [5.74, 6) is 0.415. The van der Waals surface area contributed by atoms with E-state index in [1.54, 1.807) is 0 Å². The summed E-state index contributed by atoms with van der Waals surface area (Å²) in [5.41, 5.74) is 7.98. The monoisotopic (exact) mass is 371 g/mol. The van der Waals surface area contributed by atoms with Gasteiger partial charge in [-0.2, -0.15) is 10.1 Å². The standard InChI is InChI=1S/C21H21N7/c1-2-6-15(7-3-1)14-28-12-10-16(11-13-28)24-26-21-23-20-19(25-27-21)17-8-4-5-9-18(17)22-20/h1-9H,10-14H2,(H2,22,23,26,27). The molecular formula is C21H21N7. The number of hydrogen-bond donors (Lipinski definition) is 2. The predicted molar refractivity (Wildman–Crippen MR) is 111 cm³/mol. The van der Waals surface area contributed by atoms with Crippen LogP contribution >= 0.6 is 0 Å². The topological polar surface area (TPSA) is 82.1 Å². The lowest BCUT2D eigenvalue weighted by atomic mass is 10.1. The van der Waals surface area contributed by atoms with Gasteiger partial charge >= 0.3 is 0 Å². The Morgan fingerprint density at radius 1 is 0.964 bits per heavy atom. The molecule has 2 aromatic heterocycles. The van der Waals surface area contributed by atoms with Crippen molar-refractivity contribution >= 4 is 33.7 Å². The first-order chi connectivity index (χ1) is 13.8. The number of benzene rings is 2. The van der Waals surface area contributed by atoms with E-state index in [4.69, 9.17) is 0 Å². The first kappa shape index (κ1) is 16.8. The average molecular weight is 371 g/mol. The largest absolute Gasteiger partial charge is 0.338 e. The van der Waals surface area contributed by atoms with Crippen LogP contribution < -0.4 is 5.43 Å². The molecule has 0 saturated carbocycles. The van der Waals surface area contributed by atoms with E-state index in [1.165, 1.54) is 5.56 Å². The lowest BCUT2D eigenvalue weighted by molar-refractivity contribution is 0.266. The number of aromatic amines is 1. The van der Waals surface area contributed by atoms with Crippen molar-refractivity contribution in [1.29, 1.82) is 0 Å². The molecule has 0 atom stereocenters. The summed E-state index contributed by atoms with van der Waals surface area (Å²) >= 11 is 0. The van der Waals surface area contributed by atoms with Gasteiger partial charge in [-0.05, 0) is 11.6 Å². The molecule has 0 unspecified atom stereocenters. The maximum absolute atomic E-state index is 4.52. The van der Waals surface area contributed by atoms with Gasteiger partial charge in [0.15, 0.2) is 5.65 Å². The third kappa shape index (κ3) is 3.44. The molecule has 2 N–H and O–H groups in total. The molecule has 0 aliphatic carbocycles.